The molecule has 1 unspecified atom stereocenters. The maximum absolute atomic E-state index is 5.94. The number of ether oxygens (including phenoxy) is 1. The molecule has 29 heavy (non-hydrogen) atoms. The van der Waals surface area contributed by atoms with Gasteiger partial charge < -0.3 is 15.0 Å². The third kappa shape index (κ3) is 4.03. The molecule has 2 aliphatic heterocycles. The molecule has 7 heteroatoms. The number of nitrogens with one attached hydrogen (secondary N) is 1. The van der Waals surface area contributed by atoms with Crippen LogP contribution in [0, 0.1) is 18.8 Å². The number of nitrogens with zero attached hydrogens (tertiary/aromatic N) is 5. The number of hydrogen-bond acceptors (Lipinski definition) is 6. The monoisotopic (exact) mass is 396 g/mol. The van der Waals surface area contributed by atoms with Crippen LogP contribution >= 0.6 is 0 Å². The summed E-state index contributed by atoms with van der Waals surface area (Å²) in [6.07, 6.45) is 8.60. The van der Waals surface area contributed by atoms with Gasteiger partial charge in [0.15, 0.2) is 0 Å². The molecule has 1 N–H and O–H groups in total. The zero-order valence-corrected chi connectivity index (χ0v) is 17.5. The molecule has 0 spiro atoms. The normalized spacial score (nSPS) is 29.9. The molecule has 7 nitrogen and oxygen atoms in total. The lowest BCUT2D eigenvalue weighted by Gasteiger charge is -2.28. The lowest BCUT2D eigenvalue weighted by Crippen LogP contribution is -2.35. The highest BCUT2D eigenvalue weighted by atomic mass is 16.5. The smallest absolute Gasteiger partial charge is 0.148 e. The summed E-state index contributed by atoms with van der Waals surface area (Å²) in [5.74, 6) is 2.49. The summed E-state index contributed by atoms with van der Waals surface area (Å²) in [4.78, 5) is 2.65. The summed E-state index contributed by atoms with van der Waals surface area (Å²) in [5, 5.41) is 16.8. The molecule has 156 valence electrons. The van der Waals surface area contributed by atoms with Crippen LogP contribution in [0.1, 0.15) is 37.7 Å². The molecule has 0 bridgehead atoms. The predicted octanol–water partition coefficient (Wildman–Crippen LogP) is 2.88. The van der Waals surface area contributed by atoms with E-state index in [-0.39, 0.29) is 0 Å². The van der Waals surface area contributed by atoms with Crippen LogP contribution in [-0.2, 0) is 11.8 Å². The molecule has 5 rings (SSSR count). The number of fused-ring (bicyclic) bond motifs is 1. The minimum absolute atomic E-state index is 0.466. The van der Waals surface area contributed by atoms with Crippen molar-refractivity contribution in [1.29, 1.82) is 0 Å². The largest absolute Gasteiger partial charge is 0.377 e. The van der Waals surface area contributed by atoms with E-state index in [4.69, 9.17) is 4.74 Å². The van der Waals surface area contributed by atoms with Crippen molar-refractivity contribution in [1.82, 2.24) is 24.9 Å². The number of aryl methyl sites for hydroxylation is 2. The van der Waals surface area contributed by atoms with Crippen molar-refractivity contribution < 1.29 is 4.74 Å². The van der Waals surface area contributed by atoms with Gasteiger partial charge in [0.2, 0.25) is 0 Å². The molecule has 4 atom stereocenters. The van der Waals surface area contributed by atoms with Gasteiger partial charge in [-0.05, 0) is 68.6 Å². The lowest BCUT2D eigenvalue weighted by atomic mass is 10.0. The molecule has 2 aromatic rings. The van der Waals surface area contributed by atoms with E-state index in [1.807, 2.05) is 24.0 Å². The summed E-state index contributed by atoms with van der Waals surface area (Å²) >= 11 is 0. The second kappa shape index (κ2) is 8.03. The number of likely N-dealkylation sites (tertiary alicyclic amines) is 1. The molecular weight excluding hydrogens is 364 g/mol. The first-order valence-electron chi connectivity index (χ1n) is 11.1. The molecule has 2 aromatic heterocycles. The summed E-state index contributed by atoms with van der Waals surface area (Å²) < 4.78 is 7.79. The maximum atomic E-state index is 5.94. The van der Waals surface area contributed by atoms with E-state index in [1.165, 1.54) is 45.2 Å². The molecule has 1 aliphatic carbocycles. The Bertz CT molecular complexity index is 795. The Kier molecular flexibility index (Phi) is 5.26. The Hall–Kier alpha value is -1.99. The van der Waals surface area contributed by atoms with Gasteiger partial charge >= 0.3 is 0 Å². The van der Waals surface area contributed by atoms with Crippen LogP contribution in [0.5, 0.6) is 0 Å². The van der Waals surface area contributed by atoms with Crippen LogP contribution in [0.15, 0.2) is 18.3 Å². The molecule has 0 radical (unpaired) electrons. The summed E-state index contributed by atoms with van der Waals surface area (Å²) in [6, 6.07) is 4.60. The zero-order valence-electron chi connectivity index (χ0n) is 17.5. The third-order valence-corrected chi connectivity index (χ3v) is 6.94. The molecule has 3 fully saturated rings. The Labute approximate surface area is 172 Å². The Balaban J connectivity index is 1.14. The average molecular weight is 397 g/mol. The van der Waals surface area contributed by atoms with E-state index < -0.39 is 0 Å². The standard InChI is InChI=1S/C22H32N6O/c1-15-11-23-27(2)22(15)20-6-7-21(26-25-20)24-18-9-16-12-28(13-17(16)10-18)14-19-5-3-4-8-29-19/h6-7,11,16-19H,3-5,8-10,12-14H2,1-2H3,(H,24,26)/t16-,17+,18+,19?. The van der Waals surface area contributed by atoms with Gasteiger partial charge in [-0.1, -0.05) is 0 Å². The Morgan fingerprint density at radius 1 is 1.14 bits per heavy atom. The molecule has 3 aliphatic rings. The zero-order chi connectivity index (χ0) is 19.8. The van der Waals surface area contributed by atoms with Gasteiger partial charge in [0.1, 0.15) is 11.5 Å². The number of aromatic nitrogens is 4. The highest BCUT2D eigenvalue weighted by molar-refractivity contribution is 5.59. The summed E-state index contributed by atoms with van der Waals surface area (Å²) in [6.45, 7) is 6.60. The topological polar surface area (TPSA) is 68.1 Å². The fourth-order valence-corrected chi connectivity index (χ4v) is 5.56. The Morgan fingerprint density at radius 2 is 1.97 bits per heavy atom. The van der Waals surface area contributed by atoms with Crippen LogP contribution in [0.25, 0.3) is 11.4 Å². The van der Waals surface area contributed by atoms with Gasteiger partial charge in [-0.3, -0.25) is 4.68 Å². The first-order chi connectivity index (χ1) is 14.2. The van der Waals surface area contributed by atoms with Crippen molar-refractivity contribution in [3.63, 3.8) is 0 Å². The van der Waals surface area contributed by atoms with Crippen LogP contribution in [0.3, 0.4) is 0 Å². The van der Waals surface area contributed by atoms with Gasteiger partial charge in [-0.2, -0.15) is 5.10 Å². The predicted molar refractivity (Wildman–Crippen MR) is 113 cm³/mol. The number of rotatable bonds is 5. The molecule has 2 saturated heterocycles. The average Bonchev–Trinajstić information content (AvgIpc) is 3.36. The number of hydrogen-bond donors (Lipinski definition) is 1. The van der Waals surface area contributed by atoms with Crippen molar-refractivity contribution in [2.75, 3.05) is 31.6 Å². The van der Waals surface area contributed by atoms with Gasteiger partial charge in [-0.25, -0.2) is 0 Å². The molecule has 4 heterocycles. The van der Waals surface area contributed by atoms with Crippen LogP contribution in [-0.4, -0.2) is 63.3 Å². The van der Waals surface area contributed by atoms with Crippen LogP contribution in [0.2, 0.25) is 0 Å². The second-order valence-electron chi connectivity index (χ2n) is 9.14. The van der Waals surface area contributed by atoms with Gasteiger partial charge in [0.25, 0.3) is 0 Å². The molecule has 0 amide bonds. The fourth-order valence-electron chi connectivity index (χ4n) is 5.56. The minimum atomic E-state index is 0.466. The minimum Gasteiger partial charge on any atom is -0.377 e. The van der Waals surface area contributed by atoms with E-state index in [2.05, 4.69) is 38.5 Å². The van der Waals surface area contributed by atoms with Crippen molar-refractivity contribution in [2.45, 2.75) is 51.2 Å². The van der Waals surface area contributed by atoms with Gasteiger partial charge in [0.05, 0.1) is 18.0 Å². The van der Waals surface area contributed by atoms with E-state index in [9.17, 15) is 0 Å². The second-order valence-corrected chi connectivity index (χ2v) is 9.14. The van der Waals surface area contributed by atoms with E-state index in [0.717, 1.165) is 47.8 Å². The van der Waals surface area contributed by atoms with Crippen LogP contribution in [0.4, 0.5) is 5.82 Å². The first kappa shape index (κ1) is 19.0. The molecule has 0 aromatic carbocycles. The lowest BCUT2D eigenvalue weighted by molar-refractivity contribution is -0.00303. The summed E-state index contributed by atoms with van der Waals surface area (Å²) in [7, 11) is 1.94. The first-order valence-corrected chi connectivity index (χ1v) is 11.1. The van der Waals surface area contributed by atoms with Gasteiger partial charge in [0, 0.05) is 39.3 Å². The maximum Gasteiger partial charge on any atom is 0.148 e. The van der Waals surface area contributed by atoms with Crippen molar-refractivity contribution in [3.05, 3.63) is 23.9 Å². The van der Waals surface area contributed by atoms with E-state index in [0.29, 0.717) is 12.1 Å². The molecular formula is C22H32N6O. The third-order valence-electron chi connectivity index (χ3n) is 6.94. The fraction of sp³-hybridized carbons (Fsp3) is 0.682. The van der Waals surface area contributed by atoms with E-state index >= 15 is 0 Å². The highest BCUT2D eigenvalue weighted by Crippen LogP contribution is 2.39. The van der Waals surface area contributed by atoms with Crippen molar-refractivity contribution in [3.8, 4) is 11.4 Å². The van der Waals surface area contributed by atoms with Gasteiger partial charge in [-0.15, -0.1) is 10.2 Å². The highest BCUT2D eigenvalue weighted by Gasteiger charge is 2.41. The van der Waals surface area contributed by atoms with Crippen molar-refractivity contribution in [2.24, 2.45) is 18.9 Å². The quantitative estimate of drug-likeness (QED) is 0.838. The summed E-state index contributed by atoms with van der Waals surface area (Å²) in [5.41, 5.74) is 3.02. The van der Waals surface area contributed by atoms with Crippen molar-refractivity contribution >= 4 is 5.82 Å². The molecule has 1 saturated carbocycles. The Morgan fingerprint density at radius 3 is 2.59 bits per heavy atom. The number of anilines is 1. The SMILES string of the molecule is Cc1cnn(C)c1-c1ccc(N[C@H]2C[C@@H]3CN(CC4CCCCO4)C[C@@H]3C2)nn1. The van der Waals surface area contributed by atoms with Crippen LogP contribution < -0.4 is 5.32 Å². The van der Waals surface area contributed by atoms with E-state index in [1.54, 1.807) is 0 Å².